The molecule has 0 aliphatic carbocycles. The van der Waals surface area contributed by atoms with Crippen LogP contribution in [0.3, 0.4) is 0 Å². The van der Waals surface area contributed by atoms with Gasteiger partial charge in [-0.25, -0.2) is 0 Å². The maximum absolute atomic E-state index is 10.8. The van der Waals surface area contributed by atoms with E-state index in [1.807, 2.05) is 0 Å². The topological polar surface area (TPSA) is 55.2 Å². The Kier molecular flexibility index (Phi) is 3.83. The Balaban J connectivity index is 3.13. The van der Waals surface area contributed by atoms with Gasteiger partial charge in [-0.15, -0.1) is 0 Å². The molecule has 4 nitrogen and oxygen atoms in total. The van der Waals surface area contributed by atoms with Crippen molar-refractivity contribution in [3.05, 3.63) is 39.4 Å². The molecule has 1 aromatic carbocycles. The van der Waals surface area contributed by atoms with Crippen LogP contribution in [0.25, 0.3) is 0 Å². The molecule has 78 valence electrons. The molecule has 0 saturated heterocycles. The highest BCUT2D eigenvalue weighted by atomic mass is 16.6. The summed E-state index contributed by atoms with van der Waals surface area (Å²) in [5.41, 5.74) is 1.20. The SMILES string of the molecule is CNCC#Cc1cccc(C)c1[N+](=O)[O-]. The van der Waals surface area contributed by atoms with E-state index in [4.69, 9.17) is 0 Å². The summed E-state index contributed by atoms with van der Waals surface area (Å²) in [4.78, 5) is 10.4. The van der Waals surface area contributed by atoms with Crippen LogP contribution in [-0.4, -0.2) is 18.5 Å². The van der Waals surface area contributed by atoms with Gasteiger partial charge in [-0.2, -0.15) is 0 Å². The van der Waals surface area contributed by atoms with E-state index < -0.39 is 4.92 Å². The van der Waals surface area contributed by atoms with Crippen molar-refractivity contribution in [1.82, 2.24) is 5.32 Å². The van der Waals surface area contributed by atoms with Crippen LogP contribution >= 0.6 is 0 Å². The highest BCUT2D eigenvalue weighted by Crippen LogP contribution is 2.21. The number of nitrogens with zero attached hydrogens (tertiary/aromatic N) is 1. The Hall–Kier alpha value is -1.86. The van der Waals surface area contributed by atoms with Gasteiger partial charge < -0.3 is 5.32 Å². The molecule has 0 saturated carbocycles. The molecule has 0 aliphatic heterocycles. The maximum Gasteiger partial charge on any atom is 0.287 e. The van der Waals surface area contributed by atoms with Crippen molar-refractivity contribution in [3.63, 3.8) is 0 Å². The Morgan fingerprint density at radius 3 is 2.87 bits per heavy atom. The third-order valence-electron chi connectivity index (χ3n) is 1.91. The van der Waals surface area contributed by atoms with Gasteiger partial charge in [0.15, 0.2) is 0 Å². The van der Waals surface area contributed by atoms with Crippen LogP contribution in [-0.2, 0) is 0 Å². The minimum absolute atomic E-state index is 0.0982. The molecule has 0 unspecified atom stereocenters. The molecule has 4 heteroatoms. The van der Waals surface area contributed by atoms with Crippen LogP contribution in [0, 0.1) is 28.9 Å². The van der Waals surface area contributed by atoms with Crippen LogP contribution in [0.2, 0.25) is 0 Å². The predicted octanol–water partition coefficient (Wildman–Crippen LogP) is 1.47. The third kappa shape index (κ3) is 2.79. The fourth-order valence-corrected chi connectivity index (χ4v) is 1.23. The van der Waals surface area contributed by atoms with Crippen LogP contribution in [0.1, 0.15) is 11.1 Å². The van der Waals surface area contributed by atoms with Gasteiger partial charge in [0.2, 0.25) is 0 Å². The molecule has 1 N–H and O–H groups in total. The number of benzene rings is 1. The first-order chi connectivity index (χ1) is 7.16. The van der Waals surface area contributed by atoms with E-state index in [0.29, 0.717) is 17.7 Å². The smallest absolute Gasteiger partial charge is 0.287 e. The van der Waals surface area contributed by atoms with Crippen LogP contribution in [0.4, 0.5) is 5.69 Å². The monoisotopic (exact) mass is 204 g/mol. The summed E-state index contributed by atoms with van der Waals surface area (Å²) in [7, 11) is 1.78. The molecule has 0 bridgehead atoms. The van der Waals surface area contributed by atoms with E-state index in [9.17, 15) is 10.1 Å². The molecular weight excluding hydrogens is 192 g/mol. The fourth-order valence-electron chi connectivity index (χ4n) is 1.23. The first-order valence-electron chi connectivity index (χ1n) is 4.54. The van der Waals surface area contributed by atoms with E-state index in [1.54, 1.807) is 32.2 Å². The number of hydrogen-bond acceptors (Lipinski definition) is 3. The van der Waals surface area contributed by atoms with Crippen molar-refractivity contribution in [2.45, 2.75) is 6.92 Å². The zero-order valence-corrected chi connectivity index (χ0v) is 8.70. The van der Waals surface area contributed by atoms with Gasteiger partial charge in [-0.05, 0) is 20.0 Å². The first-order valence-corrected chi connectivity index (χ1v) is 4.54. The molecule has 0 atom stereocenters. The molecule has 1 rings (SSSR count). The normalized spacial score (nSPS) is 9.20. The number of para-hydroxylation sites is 1. The Labute approximate surface area is 88.5 Å². The molecule has 0 heterocycles. The second-order valence-corrected chi connectivity index (χ2v) is 3.06. The predicted molar refractivity (Wildman–Crippen MR) is 58.6 cm³/mol. The zero-order valence-electron chi connectivity index (χ0n) is 8.70. The van der Waals surface area contributed by atoms with Gasteiger partial charge in [0.1, 0.15) is 5.56 Å². The molecule has 0 spiro atoms. The molecule has 0 aliphatic rings. The molecular formula is C11H12N2O2. The van der Waals surface area contributed by atoms with Gasteiger partial charge in [0, 0.05) is 5.56 Å². The lowest BCUT2D eigenvalue weighted by atomic mass is 10.1. The number of hydrogen-bond donors (Lipinski definition) is 1. The summed E-state index contributed by atoms with van der Waals surface area (Å²) in [5.74, 6) is 5.59. The third-order valence-corrected chi connectivity index (χ3v) is 1.91. The highest BCUT2D eigenvalue weighted by molar-refractivity contribution is 5.55. The van der Waals surface area contributed by atoms with Gasteiger partial charge in [-0.3, -0.25) is 10.1 Å². The lowest BCUT2D eigenvalue weighted by Gasteiger charge is -1.98. The van der Waals surface area contributed by atoms with Gasteiger partial charge >= 0.3 is 0 Å². The molecule has 1 aromatic rings. The second-order valence-electron chi connectivity index (χ2n) is 3.06. The summed E-state index contributed by atoms with van der Waals surface area (Å²) < 4.78 is 0. The lowest BCUT2D eigenvalue weighted by molar-refractivity contribution is -0.385. The summed E-state index contributed by atoms with van der Waals surface area (Å²) in [5, 5.41) is 13.7. The van der Waals surface area contributed by atoms with Crippen LogP contribution in [0.15, 0.2) is 18.2 Å². The van der Waals surface area contributed by atoms with Crippen LogP contribution in [0.5, 0.6) is 0 Å². The average Bonchev–Trinajstić information content (AvgIpc) is 2.17. The zero-order chi connectivity index (χ0) is 11.3. The molecule has 0 radical (unpaired) electrons. The molecule has 0 amide bonds. The maximum atomic E-state index is 10.8. The summed E-state index contributed by atoms with van der Waals surface area (Å²) in [6, 6.07) is 5.14. The van der Waals surface area contributed by atoms with Gasteiger partial charge in [-0.1, -0.05) is 24.0 Å². The van der Waals surface area contributed by atoms with Crippen molar-refractivity contribution < 1.29 is 4.92 Å². The highest BCUT2D eigenvalue weighted by Gasteiger charge is 2.14. The van der Waals surface area contributed by atoms with Crippen molar-refractivity contribution in [2.75, 3.05) is 13.6 Å². The fraction of sp³-hybridized carbons (Fsp3) is 0.273. The summed E-state index contributed by atoms with van der Waals surface area (Å²) in [6.07, 6.45) is 0. The van der Waals surface area contributed by atoms with Crippen LogP contribution < -0.4 is 5.32 Å². The Bertz CT molecular complexity index is 430. The van der Waals surface area contributed by atoms with Gasteiger partial charge in [0.05, 0.1) is 11.5 Å². The Morgan fingerprint density at radius 2 is 2.27 bits per heavy atom. The largest absolute Gasteiger partial charge is 0.309 e. The minimum atomic E-state index is -0.390. The van der Waals surface area contributed by atoms with E-state index in [1.165, 1.54) is 0 Å². The minimum Gasteiger partial charge on any atom is -0.309 e. The van der Waals surface area contributed by atoms with E-state index >= 15 is 0 Å². The molecule has 0 fully saturated rings. The summed E-state index contributed by atoms with van der Waals surface area (Å²) in [6.45, 7) is 2.23. The van der Waals surface area contributed by atoms with Crippen molar-refractivity contribution in [1.29, 1.82) is 0 Å². The molecule has 0 aromatic heterocycles. The van der Waals surface area contributed by atoms with Gasteiger partial charge in [0.25, 0.3) is 5.69 Å². The van der Waals surface area contributed by atoms with E-state index in [-0.39, 0.29) is 5.69 Å². The van der Waals surface area contributed by atoms with Crippen molar-refractivity contribution >= 4 is 5.69 Å². The number of aryl methyl sites for hydroxylation is 1. The lowest BCUT2D eigenvalue weighted by Crippen LogP contribution is -2.04. The number of nitro benzene ring substituents is 1. The second kappa shape index (κ2) is 5.13. The number of nitro groups is 1. The first kappa shape index (κ1) is 11.2. The summed E-state index contributed by atoms with van der Waals surface area (Å²) >= 11 is 0. The Morgan fingerprint density at radius 1 is 1.53 bits per heavy atom. The van der Waals surface area contributed by atoms with Crippen molar-refractivity contribution in [2.24, 2.45) is 0 Å². The van der Waals surface area contributed by atoms with Crippen molar-refractivity contribution in [3.8, 4) is 11.8 Å². The number of rotatable bonds is 2. The quantitative estimate of drug-likeness (QED) is 0.451. The molecule has 15 heavy (non-hydrogen) atoms. The average molecular weight is 204 g/mol. The van der Waals surface area contributed by atoms with E-state index in [0.717, 1.165) is 0 Å². The van der Waals surface area contributed by atoms with E-state index in [2.05, 4.69) is 17.2 Å². The number of nitrogens with one attached hydrogen (secondary N) is 1. The standard InChI is InChI=1S/C11H12N2O2/c1-9-5-3-6-10(7-4-8-12-2)11(9)13(14)15/h3,5-6,12H,8H2,1-2H3.